The molecule has 0 saturated heterocycles. The van der Waals surface area contributed by atoms with Crippen molar-refractivity contribution >= 4 is 6.09 Å². The highest BCUT2D eigenvalue weighted by Gasteiger charge is 2.25. The number of hydrogen-bond donors (Lipinski definition) is 1. The predicted molar refractivity (Wildman–Crippen MR) is 59.2 cm³/mol. The van der Waals surface area contributed by atoms with E-state index in [1.807, 2.05) is 0 Å². The summed E-state index contributed by atoms with van der Waals surface area (Å²) in [5.74, 6) is 0.421. The first-order valence-corrected chi connectivity index (χ1v) is 5.52. The Morgan fingerprint density at radius 2 is 2.31 bits per heavy atom. The second-order valence-corrected chi connectivity index (χ2v) is 4.36. The van der Waals surface area contributed by atoms with E-state index in [1.54, 1.807) is 4.90 Å². The number of fused-ring (bicyclic) bond motifs is 1. The van der Waals surface area contributed by atoms with Gasteiger partial charge in [0.05, 0.1) is 25.0 Å². The fraction of sp³-hybridized carbons (Fsp3) is 0.636. The van der Waals surface area contributed by atoms with Crippen LogP contribution in [0.3, 0.4) is 0 Å². The zero-order chi connectivity index (χ0) is 11.7. The van der Waals surface area contributed by atoms with Gasteiger partial charge in [0.1, 0.15) is 0 Å². The van der Waals surface area contributed by atoms with Gasteiger partial charge in [-0.15, -0.1) is 0 Å². The van der Waals surface area contributed by atoms with Gasteiger partial charge in [0.25, 0.3) is 0 Å². The van der Waals surface area contributed by atoms with Crippen LogP contribution in [0.25, 0.3) is 0 Å². The number of aromatic amines is 1. The Labute approximate surface area is 94.8 Å². The molecule has 1 aromatic rings. The summed E-state index contributed by atoms with van der Waals surface area (Å²) in [5.41, 5.74) is 3.44. The van der Waals surface area contributed by atoms with Crippen molar-refractivity contribution in [1.82, 2.24) is 15.1 Å². The number of H-pyrrole nitrogens is 1. The van der Waals surface area contributed by atoms with Gasteiger partial charge in [-0.3, -0.25) is 5.10 Å². The normalized spacial score (nSPS) is 15.1. The van der Waals surface area contributed by atoms with Crippen LogP contribution in [0.1, 0.15) is 36.7 Å². The van der Waals surface area contributed by atoms with Crippen LogP contribution in [-0.2, 0) is 17.7 Å². The van der Waals surface area contributed by atoms with Gasteiger partial charge in [0.2, 0.25) is 0 Å². The van der Waals surface area contributed by atoms with Crippen molar-refractivity contribution in [1.29, 1.82) is 0 Å². The first-order valence-electron chi connectivity index (χ1n) is 5.52. The molecule has 2 heterocycles. The zero-order valence-electron chi connectivity index (χ0n) is 9.91. The second kappa shape index (κ2) is 4.15. The van der Waals surface area contributed by atoms with E-state index in [4.69, 9.17) is 4.74 Å². The van der Waals surface area contributed by atoms with Crippen LogP contribution >= 0.6 is 0 Å². The maximum absolute atomic E-state index is 11.4. The van der Waals surface area contributed by atoms with Crippen molar-refractivity contribution < 1.29 is 9.53 Å². The minimum atomic E-state index is -0.272. The van der Waals surface area contributed by atoms with Crippen LogP contribution in [-0.4, -0.2) is 34.8 Å². The number of rotatable bonds is 1. The van der Waals surface area contributed by atoms with Gasteiger partial charge in [-0.1, -0.05) is 13.8 Å². The van der Waals surface area contributed by atoms with E-state index < -0.39 is 0 Å². The molecule has 0 saturated carbocycles. The largest absolute Gasteiger partial charge is 0.453 e. The molecule has 1 aromatic heterocycles. The summed E-state index contributed by atoms with van der Waals surface area (Å²) in [4.78, 5) is 13.1. The van der Waals surface area contributed by atoms with Gasteiger partial charge in [-0.2, -0.15) is 5.10 Å². The molecule has 0 atom stereocenters. The van der Waals surface area contributed by atoms with Crippen LogP contribution in [0, 0.1) is 0 Å². The van der Waals surface area contributed by atoms with Gasteiger partial charge in [-0.05, 0) is 12.3 Å². The third kappa shape index (κ3) is 1.77. The van der Waals surface area contributed by atoms with Crippen LogP contribution in [0.5, 0.6) is 0 Å². The molecule has 2 rings (SSSR count). The molecule has 16 heavy (non-hydrogen) atoms. The standard InChI is InChI=1S/C11H17N3O2/c1-7(2)10-8-4-5-14(11(15)16-3)6-9(8)12-13-10/h7H,4-6H2,1-3H3,(H,12,13). The Morgan fingerprint density at radius 3 is 2.94 bits per heavy atom. The number of methoxy groups -OCH3 is 1. The molecular formula is C11H17N3O2. The van der Waals surface area contributed by atoms with Crippen molar-refractivity contribution in [3.05, 3.63) is 17.0 Å². The predicted octanol–water partition coefficient (Wildman–Crippen LogP) is 1.66. The number of nitrogens with zero attached hydrogens (tertiary/aromatic N) is 2. The molecule has 1 amide bonds. The van der Waals surface area contributed by atoms with Crippen LogP contribution < -0.4 is 0 Å². The molecule has 0 spiro atoms. The molecule has 5 heteroatoms. The van der Waals surface area contributed by atoms with E-state index in [0.717, 1.165) is 17.8 Å². The Morgan fingerprint density at radius 1 is 1.56 bits per heavy atom. The molecule has 0 bridgehead atoms. The fourth-order valence-electron chi connectivity index (χ4n) is 2.11. The van der Waals surface area contributed by atoms with Crippen LogP contribution in [0.2, 0.25) is 0 Å². The highest BCUT2D eigenvalue weighted by Crippen LogP contribution is 2.25. The molecule has 1 aliphatic heterocycles. The topological polar surface area (TPSA) is 58.2 Å². The van der Waals surface area contributed by atoms with Crippen molar-refractivity contribution in [2.45, 2.75) is 32.7 Å². The molecule has 0 unspecified atom stereocenters. The Kier molecular flexibility index (Phi) is 2.85. The van der Waals surface area contributed by atoms with Crippen LogP contribution in [0.15, 0.2) is 0 Å². The number of carbonyl (C=O) groups is 1. The molecule has 0 aliphatic carbocycles. The summed E-state index contributed by atoms with van der Waals surface area (Å²) in [7, 11) is 1.41. The number of aromatic nitrogens is 2. The van der Waals surface area contributed by atoms with E-state index in [1.165, 1.54) is 12.7 Å². The maximum Gasteiger partial charge on any atom is 0.409 e. The summed E-state index contributed by atoms with van der Waals surface area (Å²) in [6, 6.07) is 0. The van der Waals surface area contributed by atoms with E-state index in [0.29, 0.717) is 19.0 Å². The lowest BCUT2D eigenvalue weighted by Gasteiger charge is -2.25. The van der Waals surface area contributed by atoms with Gasteiger partial charge in [-0.25, -0.2) is 4.79 Å². The van der Waals surface area contributed by atoms with Crippen LogP contribution in [0.4, 0.5) is 4.79 Å². The average molecular weight is 223 g/mol. The highest BCUT2D eigenvalue weighted by atomic mass is 16.5. The highest BCUT2D eigenvalue weighted by molar-refractivity contribution is 5.67. The molecule has 88 valence electrons. The third-order valence-corrected chi connectivity index (χ3v) is 2.95. The lowest BCUT2D eigenvalue weighted by molar-refractivity contribution is 0.118. The monoisotopic (exact) mass is 223 g/mol. The van der Waals surface area contributed by atoms with Gasteiger partial charge in [0, 0.05) is 12.1 Å². The van der Waals surface area contributed by atoms with E-state index >= 15 is 0 Å². The number of carbonyl (C=O) groups excluding carboxylic acids is 1. The van der Waals surface area contributed by atoms with Crippen molar-refractivity contribution in [2.24, 2.45) is 0 Å². The van der Waals surface area contributed by atoms with Gasteiger partial charge < -0.3 is 9.64 Å². The first kappa shape index (κ1) is 11.0. The third-order valence-electron chi connectivity index (χ3n) is 2.95. The van der Waals surface area contributed by atoms with Crippen molar-refractivity contribution in [3.63, 3.8) is 0 Å². The zero-order valence-corrected chi connectivity index (χ0v) is 9.91. The first-order chi connectivity index (χ1) is 7.63. The number of amides is 1. The number of nitrogens with one attached hydrogen (secondary N) is 1. The molecule has 1 aliphatic rings. The Balaban J connectivity index is 2.20. The summed E-state index contributed by atoms with van der Waals surface area (Å²) in [6.45, 7) is 5.53. The molecule has 0 radical (unpaired) electrons. The fourth-order valence-corrected chi connectivity index (χ4v) is 2.11. The quantitative estimate of drug-likeness (QED) is 0.787. The lowest BCUT2D eigenvalue weighted by atomic mass is 9.99. The van der Waals surface area contributed by atoms with E-state index in [9.17, 15) is 4.79 Å². The average Bonchev–Trinajstić information content (AvgIpc) is 2.70. The number of hydrogen-bond acceptors (Lipinski definition) is 3. The summed E-state index contributed by atoms with van der Waals surface area (Å²) in [6.07, 6.45) is 0.584. The lowest BCUT2D eigenvalue weighted by Crippen LogP contribution is -2.35. The summed E-state index contributed by atoms with van der Waals surface area (Å²) in [5, 5.41) is 7.33. The van der Waals surface area contributed by atoms with E-state index in [-0.39, 0.29) is 6.09 Å². The molecule has 0 aromatic carbocycles. The smallest absolute Gasteiger partial charge is 0.409 e. The van der Waals surface area contributed by atoms with Crippen molar-refractivity contribution in [3.8, 4) is 0 Å². The molecule has 5 nitrogen and oxygen atoms in total. The number of ether oxygens (including phenoxy) is 1. The summed E-state index contributed by atoms with van der Waals surface area (Å²) >= 11 is 0. The summed E-state index contributed by atoms with van der Waals surface area (Å²) < 4.78 is 4.71. The Hall–Kier alpha value is -1.52. The van der Waals surface area contributed by atoms with Crippen molar-refractivity contribution in [2.75, 3.05) is 13.7 Å². The van der Waals surface area contributed by atoms with E-state index in [2.05, 4.69) is 24.0 Å². The van der Waals surface area contributed by atoms with Gasteiger partial charge >= 0.3 is 6.09 Å². The molecule has 1 N–H and O–H groups in total. The minimum absolute atomic E-state index is 0.272. The minimum Gasteiger partial charge on any atom is -0.453 e. The SMILES string of the molecule is COC(=O)N1CCc2c(C(C)C)n[nH]c2C1. The molecular weight excluding hydrogens is 206 g/mol. The second-order valence-electron chi connectivity index (χ2n) is 4.36. The van der Waals surface area contributed by atoms with Gasteiger partial charge in [0.15, 0.2) is 0 Å². The maximum atomic E-state index is 11.4. The Bertz CT molecular complexity index is 398. The molecule has 0 fully saturated rings.